The predicted molar refractivity (Wildman–Crippen MR) is 137 cm³/mol. The van der Waals surface area contributed by atoms with Gasteiger partial charge in [-0.15, -0.1) is 0 Å². The smallest absolute Gasteiger partial charge is 0.232 e. The first-order valence-electron chi connectivity index (χ1n) is 11.3. The quantitative estimate of drug-likeness (QED) is 0.309. The predicted octanol–water partition coefficient (Wildman–Crippen LogP) is 5.51. The molecule has 3 aromatic carbocycles. The molecular weight excluding hydrogens is 456 g/mol. The number of rotatable bonds is 7. The molecule has 0 aliphatic carbocycles. The molecule has 6 aromatic rings. The van der Waals surface area contributed by atoms with Gasteiger partial charge in [0.05, 0.1) is 26.2 Å². The van der Waals surface area contributed by atoms with Crippen molar-refractivity contribution < 1.29 is 14.0 Å². The zero-order chi connectivity index (χ0) is 24.5. The number of anilines is 2. The minimum atomic E-state index is 0.538. The van der Waals surface area contributed by atoms with Crippen LogP contribution in [-0.4, -0.2) is 39.3 Å². The molecule has 0 saturated heterocycles. The van der Waals surface area contributed by atoms with Crippen molar-refractivity contribution in [2.24, 2.45) is 0 Å². The summed E-state index contributed by atoms with van der Waals surface area (Å²) in [6.07, 6.45) is 2.05. The molecule has 0 unspecified atom stereocenters. The monoisotopic (exact) mass is 478 g/mol. The van der Waals surface area contributed by atoms with Crippen molar-refractivity contribution in [1.82, 2.24) is 25.1 Å². The molecule has 2 N–H and O–H groups in total. The average molecular weight is 479 g/mol. The summed E-state index contributed by atoms with van der Waals surface area (Å²) in [5.41, 5.74) is 4.57. The largest absolute Gasteiger partial charge is 0.493 e. The minimum Gasteiger partial charge on any atom is -0.493 e. The Morgan fingerprint density at radius 1 is 0.917 bits per heavy atom. The second kappa shape index (κ2) is 9.03. The number of fused-ring (bicyclic) bond motifs is 2. The van der Waals surface area contributed by atoms with Gasteiger partial charge in [0.1, 0.15) is 12.1 Å². The number of H-pyrrole nitrogens is 1. The Kier molecular flexibility index (Phi) is 5.42. The summed E-state index contributed by atoms with van der Waals surface area (Å²) in [6.45, 7) is 0. The molecule has 178 valence electrons. The van der Waals surface area contributed by atoms with Crippen LogP contribution in [0.3, 0.4) is 0 Å². The maximum absolute atomic E-state index is 5.50. The summed E-state index contributed by atoms with van der Waals surface area (Å²) in [7, 11) is 3.20. The van der Waals surface area contributed by atoms with Crippen molar-refractivity contribution in [2.45, 2.75) is 6.42 Å². The molecule has 0 fully saturated rings. The van der Waals surface area contributed by atoms with Gasteiger partial charge >= 0.3 is 0 Å². The second-order valence-corrected chi connectivity index (χ2v) is 8.22. The molecule has 0 amide bonds. The van der Waals surface area contributed by atoms with E-state index >= 15 is 0 Å². The third kappa shape index (κ3) is 4.07. The zero-order valence-electron chi connectivity index (χ0n) is 19.6. The van der Waals surface area contributed by atoms with Gasteiger partial charge in [-0.1, -0.05) is 23.4 Å². The number of aromatic amines is 1. The average Bonchev–Trinajstić information content (AvgIpc) is 3.55. The molecule has 0 aliphatic rings. The molecule has 3 heterocycles. The Morgan fingerprint density at radius 3 is 2.53 bits per heavy atom. The second-order valence-electron chi connectivity index (χ2n) is 8.22. The lowest BCUT2D eigenvalue weighted by Gasteiger charge is -2.12. The van der Waals surface area contributed by atoms with Crippen LogP contribution in [0.25, 0.3) is 33.2 Å². The van der Waals surface area contributed by atoms with Crippen molar-refractivity contribution in [1.29, 1.82) is 0 Å². The molecule has 6 rings (SSSR count). The topological polar surface area (TPSA) is 111 Å². The van der Waals surface area contributed by atoms with E-state index in [1.165, 1.54) is 6.33 Å². The molecule has 0 spiro atoms. The lowest BCUT2D eigenvalue weighted by Crippen LogP contribution is -1.98. The van der Waals surface area contributed by atoms with Crippen LogP contribution in [-0.2, 0) is 6.42 Å². The van der Waals surface area contributed by atoms with Gasteiger partial charge in [-0.05, 0) is 47.9 Å². The summed E-state index contributed by atoms with van der Waals surface area (Å²) in [4.78, 5) is 16.7. The van der Waals surface area contributed by atoms with Gasteiger partial charge in [0.2, 0.25) is 11.7 Å². The van der Waals surface area contributed by atoms with Gasteiger partial charge in [0.15, 0.2) is 11.5 Å². The summed E-state index contributed by atoms with van der Waals surface area (Å²) < 4.78 is 16.3. The van der Waals surface area contributed by atoms with E-state index in [9.17, 15) is 0 Å². The molecule has 3 aromatic heterocycles. The highest BCUT2D eigenvalue weighted by molar-refractivity contribution is 5.93. The molecule has 36 heavy (non-hydrogen) atoms. The Labute approximate surface area is 206 Å². The first-order chi connectivity index (χ1) is 17.7. The van der Waals surface area contributed by atoms with Crippen molar-refractivity contribution in [3.05, 3.63) is 84.6 Å². The fraction of sp³-hybridized carbons (Fsp3) is 0.111. The van der Waals surface area contributed by atoms with Crippen LogP contribution in [0.1, 0.15) is 11.6 Å². The van der Waals surface area contributed by atoms with Crippen LogP contribution in [0.5, 0.6) is 11.5 Å². The first-order valence-corrected chi connectivity index (χ1v) is 11.3. The molecule has 0 atom stereocenters. The first kappa shape index (κ1) is 21.6. The van der Waals surface area contributed by atoms with E-state index in [1.807, 2.05) is 54.6 Å². The number of nitrogens with one attached hydrogen (secondary N) is 2. The molecule has 0 aliphatic heterocycles. The summed E-state index contributed by atoms with van der Waals surface area (Å²) in [6, 6.07) is 21.7. The van der Waals surface area contributed by atoms with Gasteiger partial charge in [-0.25, -0.2) is 9.97 Å². The number of hydrogen-bond donors (Lipinski definition) is 2. The minimum absolute atomic E-state index is 0.538. The lowest BCUT2D eigenvalue weighted by molar-refractivity contribution is 0.356. The Morgan fingerprint density at radius 2 is 1.72 bits per heavy atom. The fourth-order valence-electron chi connectivity index (χ4n) is 4.16. The third-order valence-electron chi connectivity index (χ3n) is 5.94. The normalized spacial score (nSPS) is 11.2. The fourth-order valence-corrected chi connectivity index (χ4v) is 4.16. The SMILES string of the molecule is COc1cc2ncnc(Nc3ccc(-c4noc(Cc5cc6ccccc6[nH]5)n4)cc3)c2cc1OC. The maximum atomic E-state index is 5.50. The van der Waals surface area contributed by atoms with Gasteiger partial charge in [-0.3, -0.25) is 0 Å². The van der Waals surface area contributed by atoms with Gasteiger partial charge in [-0.2, -0.15) is 4.98 Å². The van der Waals surface area contributed by atoms with E-state index in [4.69, 9.17) is 14.0 Å². The highest BCUT2D eigenvalue weighted by atomic mass is 16.5. The number of methoxy groups -OCH3 is 2. The van der Waals surface area contributed by atoms with Crippen LogP contribution in [0, 0.1) is 0 Å². The number of hydrogen-bond acceptors (Lipinski definition) is 8. The van der Waals surface area contributed by atoms with Crippen molar-refractivity contribution in [3.8, 4) is 22.9 Å². The van der Waals surface area contributed by atoms with Crippen LogP contribution >= 0.6 is 0 Å². The van der Waals surface area contributed by atoms with Crippen molar-refractivity contribution in [2.75, 3.05) is 19.5 Å². The van der Waals surface area contributed by atoms with Crippen LogP contribution in [0.4, 0.5) is 11.5 Å². The summed E-state index contributed by atoms with van der Waals surface area (Å²) in [5.74, 6) is 2.98. The highest BCUT2D eigenvalue weighted by Gasteiger charge is 2.13. The van der Waals surface area contributed by atoms with Gasteiger partial charge in [0, 0.05) is 33.9 Å². The van der Waals surface area contributed by atoms with E-state index in [2.05, 4.69) is 42.5 Å². The molecular formula is C27H22N6O3. The number of nitrogens with zero attached hydrogens (tertiary/aromatic N) is 4. The van der Waals surface area contributed by atoms with E-state index in [1.54, 1.807) is 14.2 Å². The van der Waals surface area contributed by atoms with Gasteiger partial charge in [0.25, 0.3) is 0 Å². The number of aromatic nitrogens is 5. The van der Waals surface area contributed by atoms with E-state index in [-0.39, 0.29) is 0 Å². The number of benzene rings is 3. The van der Waals surface area contributed by atoms with E-state index in [0.717, 1.165) is 38.8 Å². The standard InChI is InChI=1S/C27H22N6O3/c1-34-23-13-20-22(14-24(23)35-2)28-15-29-27(20)31-18-9-7-16(8-10-18)26-32-25(36-33-26)12-19-11-17-5-3-4-6-21(17)30-19/h3-11,13-15,30H,12H2,1-2H3,(H,28,29,31). The molecule has 0 bridgehead atoms. The molecule has 0 radical (unpaired) electrons. The molecule has 9 nitrogen and oxygen atoms in total. The van der Waals surface area contributed by atoms with Crippen LogP contribution in [0.2, 0.25) is 0 Å². The Hall–Kier alpha value is -4.92. The summed E-state index contributed by atoms with van der Waals surface area (Å²) >= 11 is 0. The Balaban J connectivity index is 1.21. The van der Waals surface area contributed by atoms with Gasteiger partial charge < -0.3 is 24.3 Å². The lowest BCUT2D eigenvalue weighted by atomic mass is 10.1. The van der Waals surface area contributed by atoms with Crippen LogP contribution in [0.15, 0.2) is 77.6 Å². The van der Waals surface area contributed by atoms with Crippen LogP contribution < -0.4 is 14.8 Å². The van der Waals surface area contributed by atoms with Crippen molar-refractivity contribution >= 4 is 33.3 Å². The van der Waals surface area contributed by atoms with Crippen molar-refractivity contribution in [3.63, 3.8) is 0 Å². The maximum Gasteiger partial charge on any atom is 0.232 e. The van der Waals surface area contributed by atoms with E-state index < -0.39 is 0 Å². The number of ether oxygens (including phenoxy) is 2. The third-order valence-corrected chi connectivity index (χ3v) is 5.94. The number of para-hydroxylation sites is 1. The summed E-state index contributed by atoms with van der Waals surface area (Å²) in [5, 5.41) is 9.48. The molecule has 0 saturated carbocycles. The Bertz CT molecular complexity index is 1640. The zero-order valence-corrected chi connectivity index (χ0v) is 19.6. The van der Waals surface area contributed by atoms with E-state index in [0.29, 0.717) is 35.5 Å². The highest BCUT2D eigenvalue weighted by Crippen LogP contribution is 2.34. The molecule has 9 heteroatoms.